The molecule has 1 amide bonds. The molecule has 0 saturated carbocycles. The van der Waals surface area contributed by atoms with E-state index in [1.807, 2.05) is 12.1 Å². The van der Waals surface area contributed by atoms with Gasteiger partial charge in [0.05, 0.1) is 12.3 Å². The quantitative estimate of drug-likeness (QED) is 0.895. The summed E-state index contributed by atoms with van der Waals surface area (Å²) >= 11 is 0. The largest absolute Gasteiger partial charge is 0.390 e. The van der Waals surface area contributed by atoms with E-state index in [0.29, 0.717) is 17.8 Å². The second-order valence-electron chi connectivity index (χ2n) is 4.22. The minimum absolute atomic E-state index is 0.110. The lowest BCUT2D eigenvalue weighted by Gasteiger charge is -2.17. The maximum Gasteiger partial charge on any atom is 0.254 e. The third-order valence-corrected chi connectivity index (χ3v) is 2.71. The van der Waals surface area contributed by atoms with Crippen molar-refractivity contribution in [2.75, 3.05) is 7.05 Å². The number of carbonyl (C=O) groups excluding carboxylic acids is 1. The summed E-state index contributed by atoms with van der Waals surface area (Å²) in [6, 6.07) is 7.00. The van der Waals surface area contributed by atoms with Crippen LogP contribution in [0, 0.1) is 0 Å². The molecule has 5 nitrogen and oxygen atoms in total. The first-order chi connectivity index (χ1) is 9.20. The summed E-state index contributed by atoms with van der Waals surface area (Å²) in [6.45, 7) is 0.316. The summed E-state index contributed by atoms with van der Waals surface area (Å²) in [4.78, 5) is 21.8. The topological polar surface area (TPSA) is 66.3 Å². The van der Waals surface area contributed by atoms with E-state index in [0.717, 1.165) is 5.56 Å². The Hall–Kier alpha value is -2.27. The van der Waals surface area contributed by atoms with Gasteiger partial charge in [-0.1, -0.05) is 6.07 Å². The van der Waals surface area contributed by atoms with E-state index in [1.54, 1.807) is 36.5 Å². The second-order valence-corrected chi connectivity index (χ2v) is 4.22. The van der Waals surface area contributed by atoms with Crippen LogP contribution in [0.2, 0.25) is 0 Å². The summed E-state index contributed by atoms with van der Waals surface area (Å²) in [5.74, 6) is -0.110. The van der Waals surface area contributed by atoms with Gasteiger partial charge in [0.25, 0.3) is 5.91 Å². The molecule has 0 fully saturated rings. The molecule has 2 rings (SSSR count). The van der Waals surface area contributed by atoms with Crippen LogP contribution in [0.5, 0.6) is 0 Å². The van der Waals surface area contributed by atoms with Gasteiger partial charge in [-0.2, -0.15) is 0 Å². The van der Waals surface area contributed by atoms with E-state index >= 15 is 0 Å². The van der Waals surface area contributed by atoms with Crippen molar-refractivity contribution in [1.29, 1.82) is 0 Å². The highest BCUT2D eigenvalue weighted by molar-refractivity contribution is 5.94. The fourth-order valence-electron chi connectivity index (χ4n) is 1.76. The van der Waals surface area contributed by atoms with Crippen LogP contribution in [-0.2, 0) is 13.2 Å². The Morgan fingerprint density at radius 3 is 2.89 bits per heavy atom. The van der Waals surface area contributed by atoms with Crippen molar-refractivity contribution in [1.82, 2.24) is 14.9 Å². The number of aliphatic hydroxyl groups is 1. The molecule has 0 aliphatic carbocycles. The molecule has 5 heteroatoms. The molecular weight excluding hydrogens is 242 g/mol. The van der Waals surface area contributed by atoms with E-state index in [2.05, 4.69) is 9.97 Å². The first kappa shape index (κ1) is 13.2. The first-order valence-corrected chi connectivity index (χ1v) is 5.91. The lowest BCUT2D eigenvalue weighted by Crippen LogP contribution is -2.26. The van der Waals surface area contributed by atoms with Crippen molar-refractivity contribution >= 4 is 5.91 Å². The number of hydrogen-bond donors (Lipinski definition) is 1. The highest BCUT2D eigenvalue weighted by Crippen LogP contribution is 2.08. The summed E-state index contributed by atoms with van der Waals surface area (Å²) in [5.41, 5.74) is 1.97. The van der Waals surface area contributed by atoms with Crippen LogP contribution in [-0.4, -0.2) is 32.9 Å². The fourth-order valence-corrected chi connectivity index (χ4v) is 1.76. The zero-order chi connectivity index (χ0) is 13.7. The molecule has 2 aromatic rings. The van der Waals surface area contributed by atoms with Crippen molar-refractivity contribution in [3.63, 3.8) is 0 Å². The minimum atomic E-state index is -0.173. The highest BCUT2D eigenvalue weighted by Gasteiger charge is 2.12. The van der Waals surface area contributed by atoms with Gasteiger partial charge in [-0.25, -0.2) is 0 Å². The molecule has 0 radical (unpaired) electrons. The van der Waals surface area contributed by atoms with Crippen molar-refractivity contribution in [3.8, 4) is 0 Å². The first-order valence-electron chi connectivity index (χ1n) is 5.91. The van der Waals surface area contributed by atoms with Gasteiger partial charge in [-0.05, 0) is 23.8 Å². The number of rotatable bonds is 4. The number of pyridine rings is 2. The molecule has 0 bridgehead atoms. The lowest BCUT2D eigenvalue weighted by molar-refractivity contribution is 0.0784. The van der Waals surface area contributed by atoms with Gasteiger partial charge in [-0.3, -0.25) is 14.8 Å². The Morgan fingerprint density at radius 2 is 2.21 bits per heavy atom. The van der Waals surface area contributed by atoms with Gasteiger partial charge >= 0.3 is 0 Å². The van der Waals surface area contributed by atoms with Crippen molar-refractivity contribution in [3.05, 3.63) is 59.7 Å². The summed E-state index contributed by atoms with van der Waals surface area (Å²) in [5, 5.41) is 9.02. The molecule has 0 atom stereocenters. The number of aliphatic hydroxyl groups excluding tert-OH is 1. The summed E-state index contributed by atoms with van der Waals surface area (Å²) in [7, 11) is 1.73. The standard InChI is InChI=1S/C14H15N3O2/c1-17(9-11-3-2-5-15-8-11)14(19)12-4-6-16-13(7-12)10-18/h2-8,18H,9-10H2,1H3. The van der Waals surface area contributed by atoms with Gasteiger partial charge in [0.15, 0.2) is 0 Å². The van der Waals surface area contributed by atoms with Crippen molar-refractivity contribution < 1.29 is 9.90 Å². The fraction of sp³-hybridized carbons (Fsp3) is 0.214. The molecule has 0 aliphatic heterocycles. The molecular formula is C14H15N3O2. The Balaban J connectivity index is 2.10. The van der Waals surface area contributed by atoms with Gasteiger partial charge in [0, 0.05) is 37.7 Å². The molecule has 98 valence electrons. The van der Waals surface area contributed by atoms with Crippen LogP contribution in [0.4, 0.5) is 0 Å². The Kier molecular flexibility index (Phi) is 4.20. The Morgan fingerprint density at radius 1 is 1.37 bits per heavy atom. The SMILES string of the molecule is CN(Cc1cccnc1)C(=O)c1ccnc(CO)c1. The van der Waals surface area contributed by atoms with Gasteiger partial charge < -0.3 is 10.0 Å². The third kappa shape index (κ3) is 3.35. The summed E-state index contributed by atoms with van der Waals surface area (Å²) < 4.78 is 0. The monoisotopic (exact) mass is 257 g/mol. The van der Waals surface area contributed by atoms with Gasteiger partial charge in [-0.15, -0.1) is 0 Å². The molecule has 0 aromatic carbocycles. The molecule has 1 N–H and O–H groups in total. The van der Waals surface area contributed by atoms with E-state index in [9.17, 15) is 4.79 Å². The summed E-state index contributed by atoms with van der Waals surface area (Å²) in [6.07, 6.45) is 4.95. The van der Waals surface area contributed by atoms with E-state index < -0.39 is 0 Å². The lowest BCUT2D eigenvalue weighted by atomic mass is 10.2. The van der Waals surface area contributed by atoms with Crippen LogP contribution in [0.3, 0.4) is 0 Å². The number of aromatic nitrogens is 2. The maximum atomic E-state index is 12.2. The normalized spacial score (nSPS) is 10.2. The Labute approximate surface area is 111 Å². The average Bonchev–Trinajstić information content (AvgIpc) is 2.47. The van der Waals surface area contributed by atoms with Crippen LogP contribution >= 0.6 is 0 Å². The zero-order valence-corrected chi connectivity index (χ0v) is 10.7. The van der Waals surface area contributed by atoms with Crippen LogP contribution in [0.25, 0.3) is 0 Å². The molecule has 0 saturated heterocycles. The highest BCUT2D eigenvalue weighted by atomic mass is 16.3. The van der Waals surface area contributed by atoms with E-state index in [1.165, 1.54) is 6.20 Å². The van der Waals surface area contributed by atoms with Gasteiger partial charge in [0.2, 0.25) is 0 Å². The third-order valence-electron chi connectivity index (χ3n) is 2.71. The predicted octanol–water partition coefficient (Wildman–Crippen LogP) is 1.24. The smallest absolute Gasteiger partial charge is 0.254 e. The molecule has 0 spiro atoms. The average molecular weight is 257 g/mol. The molecule has 2 aromatic heterocycles. The van der Waals surface area contributed by atoms with Crippen molar-refractivity contribution in [2.45, 2.75) is 13.2 Å². The van der Waals surface area contributed by atoms with Crippen molar-refractivity contribution in [2.24, 2.45) is 0 Å². The molecule has 2 heterocycles. The molecule has 0 unspecified atom stereocenters. The predicted molar refractivity (Wildman–Crippen MR) is 70.2 cm³/mol. The van der Waals surface area contributed by atoms with Crippen LogP contribution < -0.4 is 0 Å². The number of carbonyl (C=O) groups is 1. The molecule has 19 heavy (non-hydrogen) atoms. The number of nitrogens with zero attached hydrogens (tertiary/aromatic N) is 3. The van der Waals surface area contributed by atoms with Gasteiger partial charge in [0.1, 0.15) is 0 Å². The minimum Gasteiger partial charge on any atom is -0.390 e. The number of amides is 1. The maximum absolute atomic E-state index is 12.2. The zero-order valence-electron chi connectivity index (χ0n) is 10.7. The van der Waals surface area contributed by atoms with E-state index in [4.69, 9.17) is 5.11 Å². The second kappa shape index (κ2) is 6.06. The number of hydrogen-bond acceptors (Lipinski definition) is 4. The van der Waals surface area contributed by atoms with E-state index in [-0.39, 0.29) is 12.5 Å². The van der Waals surface area contributed by atoms with Crippen LogP contribution in [0.15, 0.2) is 42.9 Å². The van der Waals surface area contributed by atoms with Crippen LogP contribution in [0.1, 0.15) is 21.6 Å². The Bertz CT molecular complexity index is 558. The molecule has 0 aliphatic rings.